The van der Waals surface area contributed by atoms with E-state index in [1.165, 1.54) is 17.1 Å². The summed E-state index contributed by atoms with van der Waals surface area (Å²) in [5.74, 6) is 0. The molecule has 0 spiro atoms. The first kappa shape index (κ1) is 11.7. The molecule has 0 saturated heterocycles. The lowest BCUT2D eigenvalue weighted by molar-refractivity contribution is 0.966. The van der Waals surface area contributed by atoms with E-state index in [4.69, 9.17) is 0 Å². The molecule has 3 rings (SSSR count). The zero-order valence-corrected chi connectivity index (χ0v) is 11.2. The second kappa shape index (κ2) is 4.73. The van der Waals surface area contributed by atoms with Crippen LogP contribution in [0.2, 0.25) is 0 Å². The first-order valence-electron chi connectivity index (χ1n) is 6.42. The van der Waals surface area contributed by atoms with Crippen molar-refractivity contribution < 1.29 is 0 Å². The van der Waals surface area contributed by atoms with E-state index in [1.54, 1.807) is 0 Å². The van der Waals surface area contributed by atoms with E-state index in [9.17, 15) is 0 Å². The van der Waals surface area contributed by atoms with Crippen molar-refractivity contribution in [3.8, 4) is 16.9 Å². The highest BCUT2D eigenvalue weighted by Gasteiger charge is 2.04. The number of aryl methyl sites for hydroxylation is 2. The van der Waals surface area contributed by atoms with Crippen LogP contribution < -0.4 is 0 Å². The molecule has 2 heteroatoms. The van der Waals surface area contributed by atoms with Crippen LogP contribution in [0.3, 0.4) is 0 Å². The minimum atomic E-state index is 1.01. The number of pyridine rings is 1. The predicted molar refractivity (Wildman–Crippen MR) is 78.5 cm³/mol. The lowest BCUT2D eigenvalue weighted by atomic mass is 10.1. The average molecular weight is 248 g/mol. The van der Waals surface area contributed by atoms with Gasteiger partial charge < -0.3 is 4.57 Å². The summed E-state index contributed by atoms with van der Waals surface area (Å²) in [7, 11) is 0. The van der Waals surface area contributed by atoms with E-state index in [-0.39, 0.29) is 0 Å². The summed E-state index contributed by atoms with van der Waals surface area (Å²) in [5, 5.41) is 0. The fourth-order valence-electron chi connectivity index (χ4n) is 2.39. The fourth-order valence-corrected chi connectivity index (χ4v) is 2.39. The number of nitrogens with zero attached hydrogens (tertiary/aromatic N) is 2. The van der Waals surface area contributed by atoms with E-state index in [1.807, 2.05) is 24.4 Å². The van der Waals surface area contributed by atoms with Gasteiger partial charge in [0.15, 0.2) is 0 Å². The molecule has 0 aliphatic rings. The van der Waals surface area contributed by atoms with Crippen molar-refractivity contribution in [3.63, 3.8) is 0 Å². The van der Waals surface area contributed by atoms with Gasteiger partial charge >= 0.3 is 0 Å². The molecule has 0 saturated carbocycles. The zero-order valence-electron chi connectivity index (χ0n) is 11.2. The van der Waals surface area contributed by atoms with Crippen molar-refractivity contribution in [2.45, 2.75) is 13.8 Å². The van der Waals surface area contributed by atoms with E-state index in [2.05, 4.69) is 59.8 Å². The molecule has 0 aliphatic carbocycles. The minimum Gasteiger partial charge on any atom is -0.319 e. The smallest absolute Gasteiger partial charge is 0.0701 e. The first-order valence-corrected chi connectivity index (χ1v) is 6.42. The van der Waals surface area contributed by atoms with Crippen LogP contribution in [0.15, 0.2) is 60.8 Å². The van der Waals surface area contributed by atoms with Crippen LogP contribution in [0, 0.1) is 13.8 Å². The van der Waals surface area contributed by atoms with Gasteiger partial charge in [0.2, 0.25) is 0 Å². The second-order valence-electron chi connectivity index (χ2n) is 4.71. The van der Waals surface area contributed by atoms with E-state index in [0.717, 1.165) is 11.3 Å². The molecule has 1 aromatic carbocycles. The van der Waals surface area contributed by atoms with Crippen molar-refractivity contribution in [3.05, 3.63) is 72.2 Å². The lowest BCUT2D eigenvalue weighted by Gasteiger charge is -2.10. The molecule has 0 aliphatic heterocycles. The van der Waals surface area contributed by atoms with Crippen molar-refractivity contribution >= 4 is 0 Å². The highest BCUT2D eigenvalue weighted by atomic mass is 15.0. The number of hydrogen-bond acceptors (Lipinski definition) is 1. The average Bonchev–Trinajstić information content (AvgIpc) is 2.79. The summed E-state index contributed by atoms with van der Waals surface area (Å²) in [6.45, 7) is 4.25. The van der Waals surface area contributed by atoms with Crippen LogP contribution in [0.25, 0.3) is 16.9 Å². The highest BCUT2D eigenvalue weighted by Crippen LogP contribution is 2.21. The molecule has 0 N–H and O–H groups in total. The molecule has 19 heavy (non-hydrogen) atoms. The molecule has 2 heterocycles. The SMILES string of the molecule is Cc1ccc(C)n1-c1ccc(-c2ccccn2)cc1. The van der Waals surface area contributed by atoms with Crippen molar-refractivity contribution in [2.24, 2.45) is 0 Å². The van der Waals surface area contributed by atoms with Gasteiger partial charge in [-0.05, 0) is 50.2 Å². The summed E-state index contributed by atoms with van der Waals surface area (Å²) in [5.41, 5.74) is 5.85. The normalized spacial score (nSPS) is 10.6. The van der Waals surface area contributed by atoms with Crippen LogP contribution in [0.1, 0.15) is 11.4 Å². The standard InChI is InChI=1S/C17H16N2/c1-13-6-7-14(2)19(13)16-10-8-15(9-11-16)17-5-3-4-12-18-17/h3-12H,1-2H3. The molecule has 0 atom stereocenters. The van der Waals surface area contributed by atoms with Gasteiger partial charge in [0.1, 0.15) is 0 Å². The predicted octanol–water partition coefficient (Wildman–Crippen LogP) is 4.16. The topological polar surface area (TPSA) is 17.8 Å². The molecule has 2 aromatic heterocycles. The summed E-state index contributed by atoms with van der Waals surface area (Å²) in [6.07, 6.45) is 1.82. The second-order valence-corrected chi connectivity index (χ2v) is 4.71. The Bertz CT molecular complexity index is 660. The van der Waals surface area contributed by atoms with Gasteiger partial charge in [0.05, 0.1) is 5.69 Å². The van der Waals surface area contributed by atoms with E-state index < -0.39 is 0 Å². The van der Waals surface area contributed by atoms with Crippen molar-refractivity contribution in [1.82, 2.24) is 9.55 Å². The van der Waals surface area contributed by atoms with Gasteiger partial charge in [-0.2, -0.15) is 0 Å². The largest absolute Gasteiger partial charge is 0.319 e. The molecule has 3 aromatic rings. The molecular weight excluding hydrogens is 232 g/mol. The molecule has 0 radical (unpaired) electrons. The van der Waals surface area contributed by atoms with Crippen molar-refractivity contribution in [1.29, 1.82) is 0 Å². The van der Waals surface area contributed by atoms with Crippen LogP contribution in [0.4, 0.5) is 0 Å². The fraction of sp³-hybridized carbons (Fsp3) is 0.118. The Hall–Kier alpha value is -2.35. The molecular formula is C17H16N2. The van der Waals surface area contributed by atoms with E-state index in [0.29, 0.717) is 0 Å². The maximum atomic E-state index is 4.37. The molecule has 2 nitrogen and oxygen atoms in total. The van der Waals surface area contributed by atoms with Gasteiger partial charge in [-0.25, -0.2) is 0 Å². The Kier molecular flexibility index (Phi) is 2.92. The molecule has 0 unspecified atom stereocenters. The van der Waals surface area contributed by atoms with Crippen LogP contribution in [-0.2, 0) is 0 Å². The Morgan fingerprint density at radius 1 is 0.789 bits per heavy atom. The summed E-state index contributed by atoms with van der Waals surface area (Å²) in [4.78, 5) is 4.37. The summed E-state index contributed by atoms with van der Waals surface area (Å²) in [6, 6.07) is 18.8. The number of hydrogen-bond donors (Lipinski definition) is 0. The van der Waals surface area contributed by atoms with Gasteiger partial charge in [-0.1, -0.05) is 18.2 Å². The van der Waals surface area contributed by atoms with Crippen LogP contribution in [0.5, 0.6) is 0 Å². The van der Waals surface area contributed by atoms with Crippen molar-refractivity contribution in [2.75, 3.05) is 0 Å². The maximum absolute atomic E-state index is 4.37. The molecule has 94 valence electrons. The number of benzene rings is 1. The highest BCUT2D eigenvalue weighted by molar-refractivity contribution is 5.60. The van der Waals surface area contributed by atoms with Gasteiger partial charge in [0.25, 0.3) is 0 Å². The van der Waals surface area contributed by atoms with Crippen LogP contribution in [-0.4, -0.2) is 9.55 Å². The van der Waals surface area contributed by atoms with Gasteiger partial charge in [-0.3, -0.25) is 4.98 Å². The van der Waals surface area contributed by atoms with Gasteiger partial charge in [0, 0.05) is 28.8 Å². The third-order valence-electron chi connectivity index (χ3n) is 3.36. The zero-order chi connectivity index (χ0) is 13.2. The molecule has 0 amide bonds. The number of aromatic nitrogens is 2. The monoisotopic (exact) mass is 248 g/mol. The van der Waals surface area contributed by atoms with E-state index >= 15 is 0 Å². The lowest BCUT2D eigenvalue weighted by Crippen LogP contribution is -1.98. The number of rotatable bonds is 2. The maximum Gasteiger partial charge on any atom is 0.0701 e. The third-order valence-corrected chi connectivity index (χ3v) is 3.36. The van der Waals surface area contributed by atoms with Crippen LogP contribution >= 0.6 is 0 Å². The first-order chi connectivity index (χ1) is 9.25. The quantitative estimate of drug-likeness (QED) is 0.666. The minimum absolute atomic E-state index is 1.01. The molecule has 0 bridgehead atoms. The third kappa shape index (κ3) is 2.17. The Labute approximate surface area is 113 Å². The summed E-state index contributed by atoms with van der Waals surface area (Å²) >= 11 is 0. The summed E-state index contributed by atoms with van der Waals surface area (Å²) < 4.78 is 2.25. The van der Waals surface area contributed by atoms with Gasteiger partial charge in [-0.15, -0.1) is 0 Å². The Balaban J connectivity index is 2.00. The Morgan fingerprint density at radius 3 is 2.05 bits per heavy atom. The Morgan fingerprint density at radius 2 is 1.47 bits per heavy atom. The molecule has 0 fully saturated rings.